The lowest BCUT2D eigenvalue weighted by molar-refractivity contribution is 0.0911. The number of nitrogens with zero attached hydrogens (tertiary/aromatic N) is 2. The summed E-state index contributed by atoms with van der Waals surface area (Å²) in [5, 5.41) is 12.4. The Labute approximate surface area is 132 Å². The highest BCUT2D eigenvalue weighted by Crippen LogP contribution is 2.24. The molecule has 4 rings (SSSR count). The number of hydrogen-bond donors (Lipinski definition) is 2. The first kappa shape index (κ1) is 13.6. The fraction of sp³-hybridized carbons (Fsp3) is 0.176. The molecule has 1 aliphatic heterocycles. The quantitative estimate of drug-likeness (QED) is 0.756. The number of pyridine rings is 1. The van der Waals surface area contributed by atoms with Crippen LogP contribution in [0.2, 0.25) is 0 Å². The molecule has 6 heteroatoms. The van der Waals surface area contributed by atoms with Crippen molar-refractivity contribution in [3.05, 3.63) is 60.0 Å². The Hall–Kier alpha value is -3.02. The van der Waals surface area contributed by atoms with Crippen LogP contribution in [0.4, 0.5) is 0 Å². The van der Waals surface area contributed by atoms with Gasteiger partial charge in [0.2, 0.25) is 0 Å². The summed E-state index contributed by atoms with van der Waals surface area (Å²) in [7, 11) is 0. The number of aromatic hydroxyl groups is 1. The molecule has 0 spiro atoms. The van der Waals surface area contributed by atoms with Crippen LogP contribution in [0.25, 0.3) is 5.65 Å². The molecule has 1 atom stereocenters. The predicted octanol–water partition coefficient (Wildman–Crippen LogP) is 1.77. The van der Waals surface area contributed by atoms with E-state index in [9.17, 15) is 9.90 Å². The van der Waals surface area contributed by atoms with Crippen molar-refractivity contribution in [3.8, 4) is 11.5 Å². The van der Waals surface area contributed by atoms with Gasteiger partial charge in [0.25, 0.3) is 5.91 Å². The van der Waals surface area contributed by atoms with E-state index >= 15 is 0 Å². The summed E-state index contributed by atoms with van der Waals surface area (Å²) in [5.74, 6) is 0.751. The van der Waals surface area contributed by atoms with Gasteiger partial charge in [-0.25, -0.2) is 4.98 Å². The number of nitrogens with one attached hydrogen (secondary N) is 1. The number of imidazole rings is 1. The molecule has 3 heterocycles. The minimum Gasteiger partial charge on any atom is -0.506 e. The van der Waals surface area contributed by atoms with E-state index in [4.69, 9.17) is 4.74 Å². The molecule has 2 N–H and O–H groups in total. The van der Waals surface area contributed by atoms with E-state index in [2.05, 4.69) is 10.3 Å². The zero-order valence-electron chi connectivity index (χ0n) is 12.3. The average molecular weight is 309 g/mol. The van der Waals surface area contributed by atoms with E-state index in [0.717, 1.165) is 17.7 Å². The molecule has 6 nitrogen and oxygen atoms in total. The summed E-state index contributed by atoms with van der Waals surface area (Å²) in [6, 6.07) is 10.9. The van der Waals surface area contributed by atoms with Gasteiger partial charge in [-0.05, 0) is 30.2 Å². The Kier molecular flexibility index (Phi) is 3.15. The average Bonchev–Trinajstić information content (AvgIpc) is 2.98. The van der Waals surface area contributed by atoms with Crippen molar-refractivity contribution in [1.82, 2.24) is 14.7 Å². The Morgan fingerprint density at radius 2 is 2.13 bits per heavy atom. The molecule has 3 aromatic rings. The lowest BCUT2D eigenvalue weighted by Crippen LogP contribution is -2.42. The van der Waals surface area contributed by atoms with Crippen molar-refractivity contribution in [3.63, 3.8) is 0 Å². The second kappa shape index (κ2) is 5.31. The molecule has 0 unspecified atom stereocenters. The molecule has 0 radical (unpaired) electrons. The number of benzene rings is 1. The number of amides is 1. The molecule has 2 aromatic heterocycles. The lowest BCUT2D eigenvalue weighted by atomic mass is 10.0. The van der Waals surface area contributed by atoms with Crippen molar-refractivity contribution >= 4 is 11.6 Å². The third kappa shape index (κ3) is 2.59. The van der Waals surface area contributed by atoms with Crippen LogP contribution in [-0.2, 0) is 6.42 Å². The number of rotatable bonds is 2. The molecule has 0 aliphatic carbocycles. The van der Waals surface area contributed by atoms with E-state index in [1.807, 2.05) is 24.3 Å². The zero-order valence-corrected chi connectivity index (χ0v) is 12.3. The molecule has 0 fully saturated rings. The zero-order chi connectivity index (χ0) is 15.8. The van der Waals surface area contributed by atoms with Gasteiger partial charge in [-0.3, -0.25) is 4.79 Å². The number of hydrogen-bond acceptors (Lipinski definition) is 4. The molecule has 116 valence electrons. The van der Waals surface area contributed by atoms with Crippen LogP contribution < -0.4 is 10.1 Å². The number of ether oxygens (including phenoxy) is 1. The molecule has 0 saturated carbocycles. The first-order valence-electron chi connectivity index (χ1n) is 7.38. The number of aromatic nitrogens is 2. The Morgan fingerprint density at radius 3 is 3.04 bits per heavy atom. The van der Waals surface area contributed by atoms with Gasteiger partial charge >= 0.3 is 0 Å². The highest BCUT2D eigenvalue weighted by molar-refractivity contribution is 5.93. The van der Waals surface area contributed by atoms with Crippen LogP contribution in [0.1, 0.15) is 16.1 Å². The Bertz CT molecular complexity index is 888. The van der Waals surface area contributed by atoms with Gasteiger partial charge in [-0.1, -0.05) is 18.2 Å². The van der Waals surface area contributed by atoms with Crippen molar-refractivity contribution in [2.24, 2.45) is 0 Å². The third-order valence-electron chi connectivity index (χ3n) is 3.88. The largest absolute Gasteiger partial charge is 0.506 e. The summed E-state index contributed by atoms with van der Waals surface area (Å²) >= 11 is 0. The van der Waals surface area contributed by atoms with Gasteiger partial charge in [-0.2, -0.15) is 0 Å². The molecule has 23 heavy (non-hydrogen) atoms. The predicted molar refractivity (Wildman–Crippen MR) is 83.8 cm³/mol. The topological polar surface area (TPSA) is 75.9 Å². The molecule has 0 bridgehead atoms. The van der Waals surface area contributed by atoms with Crippen LogP contribution >= 0.6 is 0 Å². The maximum atomic E-state index is 12.4. The second-order valence-electron chi connectivity index (χ2n) is 5.57. The monoisotopic (exact) mass is 309 g/mol. The number of para-hydroxylation sites is 1. The minimum absolute atomic E-state index is 0.0874. The smallest absolute Gasteiger partial charge is 0.271 e. The van der Waals surface area contributed by atoms with Crippen molar-refractivity contribution in [2.45, 2.75) is 12.5 Å². The van der Waals surface area contributed by atoms with Gasteiger partial charge in [-0.15, -0.1) is 0 Å². The van der Waals surface area contributed by atoms with E-state index < -0.39 is 0 Å². The van der Waals surface area contributed by atoms with Crippen LogP contribution in [0, 0.1) is 0 Å². The number of carbonyl (C=O) groups is 1. The van der Waals surface area contributed by atoms with Gasteiger partial charge in [0.1, 0.15) is 29.4 Å². The van der Waals surface area contributed by atoms with Crippen LogP contribution in [-0.4, -0.2) is 33.0 Å². The highest BCUT2D eigenvalue weighted by atomic mass is 16.5. The van der Waals surface area contributed by atoms with Crippen LogP contribution in [0.15, 0.2) is 48.8 Å². The fourth-order valence-electron chi connectivity index (χ4n) is 2.77. The summed E-state index contributed by atoms with van der Waals surface area (Å²) in [4.78, 5) is 16.6. The van der Waals surface area contributed by atoms with Crippen LogP contribution in [0.5, 0.6) is 11.5 Å². The van der Waals surface area contributed by atoms with Crippen molar-refractivity contribution < 1.29 is 14.6 Å². The Balaban J connectivity index is 1.51. The van der Waals surface area contributed by atoms with Crippen LogP contribution in [0.3, 0.4) is 0 Å². The minimum atomic E-state index is -0.249. The molecular weight excluding hydrogens is 294 g/mol. The Morgan fingerprint density at radius 1 is 1.26 bits per heavy atom. The molecule has 0 saturated heterocycles. The second-order valence-corrected chi connectivity index (χ2v) is 5.57. The number of carbonyl (C=O) groups excluding carboxylic acids is 1. The van der Waals surface area contributed by atoms with E-state index in [1.165, 1.54) is 12.3 Å². The fourth-order valence-corrected chi connectivity index (χ4v) is 2.77. The van der Waals surface area contributed by atoms with E-state index in [1.54, 1.807) is 16.7 Å². The maximum absolute atomic E-state index is 12.4. The first-order chi connectivity index (χ1) is 11.2. The molecule has 1 amide bonds. The summed E-state index contributed by atoms with van der Waals surface area (Å²) in [5.41, 5.74) is 2.01. The normalized spacial score (nSPS) is 16.6. The van der Waals surface area contributed by atoms with Gasteiger partial charge in [0, 0.05) is 6.20 Å². The maximum Gasteiger partial charge on any atom is 0.271 e. The van der Waals surface area contributed by atoms with E-state index in [-0.39, 0.29) is 17.7 Å². The summed E-state index contributed by atoms with van der Waals surface area (Å²) < 4.78 is 7.30. The van der Waals surface area contributed by atoms with Gasteiger partial charge in [0.05, 0.1) is 12.2 Å². The SMILES string of the molecule is O=C(N[C@H]1COc2ccccc2C1)c1cn2cc(O)ccc2n1. The highest BCUT2D eigenvalue weighted by Gasteiger charge is 2.22. The molecule has 1 aromatic carbocycles. The van der Waals surface area contributed by atoms with Gasteiger partial charge < -0.3 is 19.6 Å². The standard InChI is InChI=1S/C17H15N3O3/c21-13-5-6-16-19-14(9-20(16)8-13)17(22)18-12-7-11-3-1-2-4-15(11)23-10-12/h1-6,8-9,12,21H,7,10H2,(H,18,22)/t12-/m1/s1. The molecular formula is C17H15N3O3. The lowest BCUT2D eigenvalue weighted by Gasteiger charge is -2.25. The van der Waals surface area contributed by atoms with Crippen molar-refractivity contribution in [1.29, 1.82) is 0 Å². The first-order valence-corrected chi connectivity index (χ1v) is 7.38. The number of fused-ring (bicyclic) bond motifs is 2. The summed E-state index contributed by atoms with van der Waals surface area (Å²) in [6.07, 6.45) is 3.84. The van der Waals surface area contributed by atoms with Crippen molar-refractivity contribution in [2.75, 3.05) is 6.61 Å². The van der Waals surface area contributed by atoms with Gasteiger partial charge in [0.15, 0.2) is 0 Å². The third-order valence-corrected chi connectivity index (χ3v) is 3.88. The van der Waals surface area contributed by atoms with E-state index in [0.29, 0.717) is 17.9 Å². The molecule has 1 aliphatic rings. The summed E-state index contributed by atoms with van der Waals surface area (Å²) in [6.45, 7) is 0.441.